The lowest BCUT2D eigenvalue weighted by Gasteiger charge is -2.44. The van der Waals surface area contributed by atoms with Crippen LogP contribution < -0.4 is 4.74 Å². The minimum Gasteiger partial charge on any atom is -0.484 e. The maximum atomic E-state index is 13.1. The molecule has 7 heteroatoms. The molecule has 2 atom stereocenters. The SMILES string of the molecule is C[C@@H]1CN(C(=O)COc2ccc(CC(=O)O)cc2)[C@@H](C)CN1Cc1ccc(F)cc1. The molecule has 2 aromatic rings. The van der Waals surface area contributed by atoms with E-state index in [0.29, 0.717) is 24.4 Å². The average molecular weight is 414 g/mol. The van der Waals surface area contributed by atoms with Crippen LogP contribution in [-0.4, -0.2) is 58.6 Å². The quantitative estimate of drug-likeness (QED) is 0.754. The first-order valence-electron chi connectivity index (χ1n) is 10.0. The third-order valence-electron chi connectivity index (χ3n) is 5.38. The van der Waals surface area contributed by atoms with Gasteiger partial charge in [-0.05, 0) is 49.2 Å². The fourth-order valence-electron chi connectivity index (χ4n) is 3.70. The summed E-state index contributed by atoms with van der Waals surface area (Å²) in [4.78, 5) is 27.6. The van der Waals surface area contributed by atoms with Crippen molar-refractivity contribution < 1.29 is 23.8 Å². The van der Waals surface area contributed by atoms with Crippen molar-refractivity contribution in [2.24, 2.45) is 0 Å². The Hall–Kier alpha value is -2.93. The number of piperazine rings is 1. The third kappa shape index (κ3) is 5.79. The Morgan fingerprint density at radius 3 is 2.27 bits per heavy atom. The van der Waals surface area contributed by atoms with E-state index in [2.05, 4.69) is 11.8 Å². The Kier molecular flexibility index (Phi) is 7.05. The van der Waals surface area contributed by atoms with Crippen molar-refractivity contribution in [2.45, 2.75) is 38.9 Å². The zero-order valence-electron chi connectivity index (χ0n) is 17.3. The predicted molar refractivity (Wildman–Crippen MR) is 111 cm³/mol. The fraction of sp³-hybridized carbons (Fsp3) is 0.391. The zero-order valence-corrected chi connectivity index (χ0v) is 17.3. The van der Waals surface area contributed by atoms with Gasteiger partial charge in [-0.25, -0.2) is 4.39 Å². The first-order valence-corrected chi connectivity index (χ1v) is 10.0. The normalized spacial score (nSPS) is 19.5. The lowest BCUT2D eigenvalue weighted by Crippen LogP contribution is -2.58. The molecule has 30 heavy (non-hydrogen) atoms. The maximum Gasteiger partial charge on any atom is 0.307 e. The molecule has 160 valence electrons. The second-order valence-corrected chi connectivity index (χ2v) is 7.80. The van der Waals surface area contributed by atoms with Crippen LogP contribution in [0.25, 0.3) is 0 Å². The summed E-state index contributed by atoms with van der Waals surface area (Å²) < 4.78 is 18.7. The summed E-state index contributed by atoms with van der Waals surface area (Å²) >= 11 is 0. The Labute approximate surface area is 175 Å². The van der Waals surface area contributed by atoms with Crippen molar-refractivity contribution in [2.75, 3.05) is 19.7 Å². The van der Waals surface area contributed by atoms with Gasteiger partial charge >= 0.3 is 5.97 Å². The molecule has 0 spiro atoms. The second kappa shape index (κ2) is 9.71. The van der Waals surface area contributed by atoms with Crippen LogP contribution in [0.3, 0.4) is 0 Å². The molecule has 2 aromatic carbocycles. The van der Waals surface area contributed by atoms with Crippen LogP contribution in [0.15, 0.2) is 48.5 Å². The number of hydrogen-bond acceptors (Lipinski definition) is 4. The smallest absolute Gasteiger partial charge is 0.307 e. The van der Waals surface area contributed by atoms with Gasteiger partial charge in [-0.15, -0.1) is 0 Å². The number of carbonyl (C=O) groups excluding carboxylic acids is 1. The number of rotatable bonds is 7. The van der Waals surface area contributed by atoms with Crippen molar-refractivity contribution in [3.8, 4) is 5.75 Å². The van der Waals surface area contributed by atoms with Gasteiger partial charge in [0.25, 0.3) is 5.91 Å². The standard InChI is InChI=1S/C23H27FN2O4/c1-16-13-26(17(2)12-25(16)14-19-3-7-20(24)8-4-19)22(27)15-30-21-9-5-18(6-10-21)11-23(28)29/h3-10,16-17H,11-15H2,1-2H3,(H,28,29)/t16-,17+/m1/s1. The van der Waals surface area contributed by atoms with Crippen LogP contribution in [-0.2, 0) is 22.6 Å². The lowest BCUT2D eigenvalue weighted by atomic mass is 10.1. The molecule has 0 bridgehead atoms. The number of aliphatic carboxylic acids is 1. The maximum absolute atomic E-state index is 13.1. The summed E-state index contributed by atoms with van der Waals surface area (Å²) in [7, 11) is 0. The molecule has 0 radical (unpaired) electrons. The predicted octanol–water partition coefficient (Wildman–Crippen LogP) is 2.95. The number of halogens is 1. The third-order valence-corrected chi connectivity index (χ3v) is 5.38. The highest BCUT2D eigenvalue weighted by molar-refractivity contribution is 5.78. The van der Waals surface area contributed by atoms with Crippen LogP contribution in [0.1, 0.15) is 25.0 Å². The molecular formula is C23H27FN2O4. The summed E-state index contributed by atoms with van der Waals surface area (Å²) in [6, 6.07) is 13.5. The number of hydrogen-bond donors (Lipinski definition) is 1. The van der Waals surface area contributed by atoms with Gasteiger partial charge in [-0.3, -0.25) is 14.5 Å². The monoisotopic (exact) mass is 414 g/mol. The molecule has 0 aromatic heterocycles. The largest absolute Gasteiger partial charge is 0.484 e. The fourth-order valence-corrected chi connectivity index (χ4v) is 3.70. The van der Waals surface area contributed by atoms with E-state index in [1.165, 1.54) is 12.1 Å². The first-order chi connectivity index (χ1) is 14.3. The molecule has 3 rings (SSSR count). The van der Waals surface area contributed by atoms with Crippen LogP contribution in [0.2, 0.25) is 0 Å². The van der Waals surface area contributed by atoms with E-state index in [4.69, 9.17) is 9.84 Å². The molecule has 6 nitrogen and oxygen atoms in total. The molecule has 0 aliphatic carbocycles. The number of nitrogens with zero attached hydrogens (tertiary/aromatic N) is 2. The Balaban J connectivity index is 1.52. The van der Waals surface area contributed by atoms with Gasteiger partial charge < -0.3 is 14.7 Å². The summed E-state index contributed by atoms with van der Waals surface area (Å²) in [5.74, 6) is -0.675. The van der Waals surface area contributed by atoms with Gasteiger partial charge in [0.2, 0.25) is 0 Å². The second-order valence-electron chi connectivity index (χ2n) is 7.80. The molecule has 1 amide bonds. The van der Waals surface area contributed by atoms with E-state index < -0.39 is 5.97 Å². The molecular weight excluding hydrogens is 387 g/mol. The van der Waals surface area contributed by atoms with Crippen molar-refractivity contribution in [1.82, 2.24) is 9.80 Å². The molecule has 1 N–H and O–H groups in total. The highest BCUT2D eigenvalue weighted by Gasteiger charge is 2.32. The average Bonchev–Trinajstić information content (AvgIpc) is 2.71. The number of carboxylic acids is 1. The van der Waals surface area contributed by atoms with Gasteiger partial charge in [-0.1, -0.05) is 24.3 Å². The van der Waals surface area contributed by atoms with Gasteiger partial charge in [0.15, 0.2) is 6.61 Å². The van der Waals surface area contributed by atoms with E-state index in [-0.39, 0.29) is 36.8 Å². The Morgan fingerprint density at radius 2 is 1.63 bits per heavy atom. The van der Waals surface area contributed by atoms with Crippen LogP contribution >= 0.6 is 0 Å². The van der Waals surface area contributed by atoms with Crippen molar-refractivity contribution in [3.05, 3.63) is 65.5 Å². The molecule has 0 unspecified atom stereocenters. The van der Waals surface area contributed by atoms with Crippen molar-refractivity contribution in [3.63, 3.8) is 0 Å². The van der Waals surface area contributed by atoms with Gasteiger partial charge in [0.1, 0.15) is 11.6 Å². The van der Waals surface area contributed by atoms with Gasteiger partial charge in [-0.2, -0.15) is 0 Å². The van der Waals surface area contributed by atoms with Gasteiger partial charge in [0.05, 0.1) is 6.42 Å². The minimum atomic E-state index is -0.888. The highest BCUT2D eigenvalue weighted by atomic mass is 19.1. The zero-order chi connectivity index (χ0) is 21.7. The van der Waals surface area contributed by atoms with E-state index in [0.717, 1.165) is 12.1 Å². The van der Waals surface area contributed by atoms with E-state index in [1.54, 1.807) is 36.4 Å². The van der Waals surface area contributed by atoms with Gasteiger partial charge in [0, 0.05) is 31.7 Å². The number of ether oxygens (including phenoxy) is 1. The molecule has 1 saturated heterocycles. The number of amides is 1. The lowest BCUT2D eigenvalue weighted by molar-refractivity contribution is -0.139. The molecule has 1 fully saturated rings. The topological polar surface area (TPSA) is 70.1 Å². The van der Waals surface area contributed by atoms with Crippen LogP contribution in [0.5, 0.6) is 5.75 Å². The van der Waals surface area contributed by atoms with Crippen molar-refractivity contribution >= 4 is 11.9 Å². The summed E-state index contributed by atoms with van der Waals surface area (Å²) in [5, 5.41) is 8.82. The van der Waals surface area contributed by atoms with Crippen LogP contribution in [0, 0.1) is 5.82 Å². The number of carboxylic acid groups (broad SMARTS) is 1. The van der Waals surface area contributed by atoms with E-state index >= 15 is 0 Å². The molecule has 1 heterocycles. The van der Waals surface area contributed by atoms with E-state index in [9.17, 15) is 14.0 Å². The Bertz CT molecular complexity index is 870. The number of carbonyl (C=O) groups is 2. The van der Waals surface area contributed by atoms with E-state index in [1.807, 2.05) is 11.8 Å². The minimum absolute atomic E-state index is 0.0377. The molecule has 1 aliphatic rings. The summed E-state index contributed by atoms with van der Waals surface area (Å²) in [5.41, 5.74) is 1.73. The Morgan fingerprint density at radius 1 is 1.00 bits per heavy atom. The molecule has 0 saturated carbocycles. The summed E-state index contributed by atoms with van der Waals surface area (Å²) in [6.07, 6.45) is -0.0448. The van der Waals surface area contributed by atoms with Crippen molar-refractivity contribution in [1.29, 1.82) is 0 Å². The first kappa shape index (κ1) is 21.8. The summed E-state index contributed by atoms with van der Waals surface area (Å²) in [6.45, 7) is 6.08. The highest BCUT2D eigenvalue weighted by Crippen LogP contribution is 2.19. The number of benzene rings is 2. The van der Waals surface area contributed by atoms with Crippen LogP contribution in [0.4, 0.5) is 4.39 Å². The molecule has 1 aliphatic heterocycles.